The quantitative estimate of drug-likeness (QED) is 0.878. The van der Waals surface area contributed by atoms with Crippen LogP contribution in [-0.4, -0.2) is 19.0 Å². The Hall–Kier alpha value is -1.72. The number of hydrogen-bond acceptors (Lipinski definition) is 2. The monoisotopic (exact) mass is 345 g/mol. The number of anilines is 1. The summed E-state index contributed by atoms with van der Waals surface area (Å²) in [6.45, 7) is 3.23. The van der Waals surface area contributed by atoms with Crippen LogP contribution in [-0.2, 0) is 11.2 Å². The number of quaternary nitrogens is 1. The van der Waals surface area contributed by atoms with E-state index in [0.717, 1.165) is 18.5 Å². The zero-order valence-electron chi connectivity index (χ0n) is 13.8. The minimum Gasteiger partial charge on any atom is -0.320 e. The van der Waals surface area contributed by atoms with Gasteiger partial charge in [0.2, 0.25) is 0 Å². The fraction of sp³-hybridized carbons (Fsp3) is 0.421. The van der Waals surface area contributed by atoms with Gasteiger partial charge in [-0.25, -0.2) is 4.39 Å². The summed E-state index contributed by atoms with van der Waals surface area (Å²) >= 11 is 1.84. The molecular formula is C19H22FN2OS+. The van der Waals surface area contributed by atoms with Crippen molar-refractivity contribution in [1.82, 2.24) is 0 Å². The fourth-order valence-electron chi connectivity index (χ4n) is 3.82. The molecule has 0 saturated heterocycles. The van der Waals surface area contributed by atoms with Crippen molar-refractivity contribution in [2.75, 3.05) is 18.4 Å². The first-order valence-electron chi connectivity index (χ1n) is 8.58. The van der Waals surface area contributed by atoms with Crippen LogP contribution in [0.3, 0.4) is 0 Å². The first-order valence-corrected chi connectivity index (χ1v) is 9.46. The van der Waals surface area contributed by atoms with E-state index in [4.69, 9.17) is 0 Å². The van der Waals surface area contributed by atoms with E-state index in [1.807, 2.05) is 24.3 Å². The number of carbonyl (C=O) groups excluding carboxylic acids is 1. The molecule has 1 aromatic carbocycles. The molecule has 1 saturated carbocycles. The molecule has 1 aliphatic carbocycles. The maximum atomic E-state index is 13.9. The molecule has 1 aliphatic heterocycles. The smallest absolute Gasteiger partial charge is 0.279 e. The van der Waals surface area contributed by atoms with E-state index in [0.29, 0.717) is 18.5 Å². The molecule has 0 bridgehead atoms. The molecule has 2 atom stereocenters. The summed E-state index contributed by atoms with van der Waals surface area (Å²) in [6.07, 6.45) is 3.56. The first-order chi connectivity index (χ1) is 11.6. The average Bonchev–Trinajstić information content (AvgIpc) is 3.26. The SMILES string of the molecule is Cc1ccc(NC(=O)C[NH+]2CCc3sccc3[C@H]2C2CC2)c(F)c1. The number of benzene rings is 1. The Kier molecular flexibility index (Phi) is 4.14. The molecule has 2 aliphatic rings. The molecule has 24 heavy (non-hydrogen) atoms. The molecule has 2 heterocycles. The van der Waals surface area contributed by atoms with Gasteiger partial charge in [-0.15, -0.1) is 11.3 Å². The highest BCUT2D eigenvalue weighted by molar-refractivity contribution is 7.10. The Morgan fingerprint density at radius 2 is 2.21 bits per heavy atom. The van der Waals surface area contributed by atoms with Crippen LogP contribution in [0.2, 0.25) is 0 Å². The van der Waals surface area contributed by atoms with Crippen molar-refractivity contribution in [3.63, 3.8) is 0 Å². The molecule has 2 aromatic rings. The number of fused-ring (bicyclic) bond motifs is 1. The van der Waals surface area contributed by atoms with Gasteiger partial charge in [-0.2, -0.15) is 0 Å². The summed E-state index contributed by atoms with van der Waals surface area (Å²) in [5, 5.41) is 4.92. The van der Waals surface area contributed by atoms with Gasteiger partial charge in [-0.3, -0.25) is 4.79 Å². The molecule has 4 rings (SSSR count). The molecule has 1 fully saturated rings. The van der Waals surface area contributed by atoms with Gasteiger partial charge in [0.1, 0.15) is 11.9 Å². The third-order valence-electron chi connectivity index (χ3n) is 5.11. The van der Waals surface area contributed by atoms with Gasteiger partial charge in [0, 0.05) is 22.8 Å². The average molecular weight is 345 g/mol. The van der Waals surface area contributed by atoms with E-state index in [9.17, 15) is 9.18 Å². The summed E-state index contributed by atoms with van der Waals surface area (Å²) < 4.78 is 13.9. The van der Waals surface area contributed by atoms with Crippen molar-refractivity contribution < 1.29 is 14.1 Å². The van der Waals surface area contributed by atoms with Crippen LogP contribution in [0.1, 0.15) is 34.9 Å². The molecule has 1 unspecified atom stereocenters. The van der Waals surface area contributed by atoms with Crippen molar-refractivity contribution >= 4 is 22.9 Å². The number of halogens is 1. The number of aryl methyl sites for hydroxylation is 1. The Labute approximate surface area is 145 Å². The van der Waals surface area contributed by atoms with Crippen molar-refractivity contribution in [2.24, 2.45) is 5.92 Å². The lowest BCUT2D eigenvalue weighted by molar-refractivity contribution is -0.928. The maximum Gasteiger partial charge on any atom is 0.279 e. The summed E-state index contributed by atoms with van der Waals surface area (Å²) in [6, 6.07) is 7.59. The molecule has 0 spiro atoms. The molecule has 1 amide bonds. The van der Waals surface area contributed by atoms with Crippen LogP contribution in [0.25, 0.3) is 0 Å². The summed E-state index contributed by atoms with van der Waals surface area (Å²) in [5.41, 5.74) is 2.57. The van der Waals surface area contributed by atoms with E-state index in [1.165, 1.54) is 34.2 Å². The third-order valence-corrected chi connectivity index (χ3v) is 6.10. The zero-order valence-corrected chi connectivity index (χ0v) is 14.6. The third kappa shape index (κ3) is 3.10. The van der Waals surface area contributed by atoms with E-state index >= 15 is 0 Å². The molecule has 126 valence electrons. The first kappa shape index (κ1) is 15.8. The summed E-state index contributed by atoms with van der Waals surface area (Å²) in [5.74, 6) is 0.241. The van der Waals surface area contributed by atoms with Crippen LogP contribution >= 0.6 is 11.3 Å². The number of thiophene rings is 1. The van der Waals surface area contributed by atoms with Crippen molar-refractivity contribution in [3.8, 4) is 0 Å². The van der Waals surface area contributed by atoms with Gasteiger partial charge in [0.05, 0.1) is 12.2 Å². The largest absolute Gasteiger partial charge is 0.320 e. The number of hydrogen-bond donors (Lipinski definition) is 2. The normalized spacial score (nSPS) is 22.9. The van der Waals surface area contributed by atoms with Gasteiger partial charge in [0.15, 0.2) is 6.54 Å². The maximum absolute atomic E-state index is 13.9. The Balaban J connectivity index is 1.47. The van der Waals surface area contributed by atoms with Crippen LogP contribution < -0.4 is 10.2 Å². The lowest BCUT2D eigenvalue weighted by Gasteiger charge is -2.32. The van der Waals surface area contributed by atoms with Crippen molar-refractivity contribution in [2.45, 2.75) is 32.2 Å². The predicted octanol–water partition coefficient (Wildman–Crippen LogP) is 2.73. The van der Waals surface area contributed by atoms with Gasteiger partial charge >= 0.3 is 0 Å². The van der Waals surface area contributed by atoms with Crippen LogP contribution in [0.4, 0.5) is 10.1 Å². The fourth-order valence-corrected chi connectivity index (χ4v) is 4.75. The van der Waals surface area contributed by atoms with E-state index < -0.39 is 0 Å². The minimum absolute atomic E-state index is 0.0999. The van der Waals surface area contributed by atoms with Crippen molar-refractivity contribution in [1.29, 1.82) is 0 Å². The number of amides is 1. The summed E-state index contributed by atoms with van der Waals surface area (Å²) in [4.78, 5) is 15.3. The number of nitrogens with one attached hydrogen (secondary N) is 2. The zero-order chi connectivity index (χ0) is 16.7. The summed E-state index contributed by atoms with van der Waals surface area (Å²) in [7, 11) is 0. The van der Waals surface area contributed by atoms with Crippen LogP contribution in [0.5, 0.6) is 0 Å². The molecule has 5 heteroatoms. The standard InChI is InChI=1S/C19H21FN2OS/c1-12-2-5-16(15(20)10-12)21-18(23)11-22-8-6-17-14(7-9-24-17)19(22)13-3-4-13/h2,5,7,9-10,13,19H,3-4,6,8,11H2,1H3,(H,21,23)/p+1/t19-/m1/s1. The van der Waals surface area contributed by atoms with Gasteiger partial charge in [0.25, 0.3) is 5.91 Å². The van der Waals surface area contributed by atoms with Gasteiger partial charge in [-0.05, 0) is 48.9 Å². The highest BCUT2D eigenvalue weighted by Gasteiger charge is 2.43. The molecule has 2 N–H and O–H groups in total. The molecule has 0 radical (unpaired) electrons. The Bertz CT molecular complexity index is 768. The van der Waals surface area contributed by atoms with Crippen molar-refractivity contribution in [3.05, 3.63) is 51.5 Å². The van der Waals surface area contributed by atoms with E-state index in [1.54, 1.807) is 6.07 Å². The molecular weight excluding hydrogens is 323 g/mol. The second-order valence-electron chi connectivity index (χ2n) is 6.98. The topological polar surface area (TPSA) is 33.5 Å². The van der Waals surface area contributed by atoms with E-state index in [-0.39, 0.29) is 17.4 Å². The highest BCUT2D eigenvalue weighted by Crippen LogP contribution is 2.42. The lowest BCUT2D eigenvalue weighted by atomic mass is 9.96. The second kappa shape index (κ2) is 6.30. The Morgan fingerprint density at radius 3 is 2.96 bits per heavy atom. The molecule has 1 aromatic heterocycles. The molecule has 3 nitrogen and oxygen atoms in total. The second-order valence-corrected chi connectivity index (χ2v) is 7.98. The van der Waals surface area contributed by atoms with Crippen LogP contribution in [0.15, 0.2) is 29.6 Å². The van der Waals surface area contributed by atoms with E-state index in [2.05, 4.69) is 16.8 Å². The predicted molar refractivity (Wildman–Crippen MR) is 94.0 cm³/mol. The minimum atomic E-state index is -0.365. The van der Waals surface area contributed by atoms with Gasteiger partial charge in [-0.1, -0.05) is 6.07 Å². The lowest BCUT2D eigenvalue weighted by Crippen LogP contribution is -3.14. The number of rotatable bonds is 4. The number of carbonyl (C=O) groups is 1. The highest BCUT2D eigenvalue weighted by atomic mass is 32.1. The Morgan fingerprint density at radius 1 is 1.38 bits per heavy atom. The van der Waals surface area contributed by atoms with Crippen LogP contribution in [0, 0.1) is 18.7 Å². The van der Waals surface area contributed by atoms with Gasteiger partial charge < -0.3 is 10.2 Å².